The average molecular weight is 370 g/mol. The molecule has 0 saturated carbocycles. The number of rotatable bonds is 22. The molecule has 0 aromatic heterocycles. The molecule has 0 radical (unpaired) electrons. The van der Waals surface area contributed by atoms with Gasteiger partial charge in [-0.2, -0.15) is 0 Å². The standard InChI is InChI=1S/C24H51NO/c1-3-5-7-9-11-13-14-16-18-20-22-25-23-24(26)21-19-17-15-12-10-8-6-4-2/h24-26H,3-23H2,1-2H3. The average Bonchev–Trinajstić information content (AvgIpc) is 2.65. The molecule has 2 N–H and O–H groups in total. The number of nitrogens with one attached hydrogen (secondary N) is 1. The second-order valence-corrected chi connectivity index (χ2v) is 8.30. The smallest absolute Gasteiger partial charge is 0.0664 e. The van der Waals surface area contributed by atoms with Crippen LogP contribution in [0.2, 0.25) is 0 Å². The maximum Gasteiger partial charge on any atom is 0.0664 e. The van der Waals surface area contributed by atoms with Crippen LogP contribution in [-0.4, -0.2) is 24.3 Å². The number of unbranched alkanes of at least 4 members (excludes halogenated alkanes) is 16. The van der Waals surface area contributed by atoms with Gasteiger partial charge in [0.2, 0.25) is 0 Å². The van der Waals surface area contributed by atoms with Gasteiger partial charge in [0.15, 0.2) is 0 Å². The molecule has 0 fully saturated rings. The Kier molecular flexibility index (Phi) is 22.9. The molecule has 0 aliphatic rings. The first-order valence-electron chi connectivity index (χ1n) is 12.2. The summed E-state index contributed by atoms with van der Waals surface area (Å²) in [6, 6.07) is 0. The van der Waals surface area contributed by atoms with Gasteiger partial charge in [-0.3, -0.25) is 0 Å². The highest BCUT2D eigenvalue weighted by atomic mass is 16.3. The molecular formula is C24H51NO. The Labute approximate surface area is 165 Å². The number of hydrogen-bond donors (Lipinski definition) is 2. The second-order valence-electron chi connectivity index (χ2n) is 8.30. The molecule has 0 aliphatic heterocycles. The molecule has 0 rings (SSSR count). The van der Waals surface area contributed by atoms with Gasteiger partial charge in [-0.1, -0.05) is 123 Å². The highest BCUT2D eigenvalue weighted by molar-refractivity contribution is 4.60. The first-order valence-corrected chi connectivity index (χ1v) is 12.2. The van der Waals surface area contributed by atoms with Crippen molar-refractivity contribution in [1.82, 2.24) is 5.32 Å². The van der Waals surface area contributed by atoms with Gasteiger partial charge >= 0.3 is 0 Å². The first kappa shape index (κ1) is 25.9. The second kappa shape index (κ2) is 23.0. The molecule has 0 aromatic rings. The fourth-order valence-electron chi connectivity index (χ4n) is 3.62. The summed E-state index contributed by atoms with van der Waals surface area (Å²) in [7, 11) is 0. The monoisotopic (exact) mass is 369 g/mol. The van der Waals surface area contributed by atoms with E-state index >= 15 is 0 Å². The molecule has 0 spiro atoms. The van der Waals surface area contributed by atoms with E-state index in [-0.39, 0.29) is 6.10 Å². The molecule has 2 heteroatoms. The molecule has 26 heavy (non-hydrogen) atoms. The van der Waals surface area contributed by atoms with Crippen LogP contribution in [0.5, 0.6) is 0 Å². The summed E-state index contributed by atoms with van der Waals surface area (Å²) in [6.07, 6.45) is 25.5. The number of hydrogen-bond acceptors (Lipinski definition) is 2. The molecule has 2 nitrogen and oxygen atoms in total. The van der Waals surface area contributed by atoms with E-state index in [1.54, 1.807) is 0 Å². The van der Waals surface area contributed by atoms with E-state index in [9.17, 15) is 5.11 Å². The highest BCUT2D eigenvalue weighted by Crippen LogP contribution is 2.11. The van der Waals surface area contributed by atoms with E-state index in [4.69, 9.17) is 0 Å². The van der Waals surface area contributed by atoms with Crippen molar-refractivity contribution >= 4 is 0 Å². The third-order valence-corrected chi connectivity index (χ3v) is 5.48. The van der Waals surface area contributed by atoms with E-state index in [1.807, 2.05) is 0 Å². The van der Waals surface area contributed by atoms with Gasteiger partial charge in [-0.25, -0.2) is 0 Å². The lowest BCUT2D eigenvalue weighted by atomic mass is 10.1. The minimum Gasteiger partial charge on any atom is -0.392 e. The van der Waals surface area contributed by atoms with Crippen molar-refractivity contribution in [2.24, 2.45) is 0 Å². The minimum atomic E-state index is -0.141. The van der Waals surface area contributed by atoms with Crippen LogP contribution in [0.25, 0.3) is 0 Å². The topological polar surface area (TPSA) is 32.3 Å². The lowest BCUT2D eigenvalue weighted by Crippen LogP contribution is -2.27. The van der Waals surface area contributed by atoms with Gasteiger partial charge in [-0.05, 0) is 19.4 Å². The fourth-order valence-corrected chi connectivity index (χ4v) is 3.62. The molecule has 0 aliphatic carbocycles. The van der Waals surface area contributed by atoms with Crippen LogP contribution in [0.15, 0.2) is 0 Å². The van der Waals surface area contributed by atoms with Gasteiger partial charge in [0, 0.05) is 6.54 Å². The maximum absolute atomic E-state index is 10.0. The van der Waals surface area contributed by atoms with E-state index in [0.29, 0.717) is 0 Å². The van der Waals surface area contributed by atoms with E-state index in [0.717, 1.165) is 19.5 Å². The molecular weight excluding hydrogens is 318 g/mol. The normalized spacial score (nSPS) is 12.6. The zero-order valence-corrected chi connectivity index (χ0v) is 18.4. The Morgan fingerprint density at radius 1 is 0.538 bits per heavy atom. The predicted molar refractivity (Wildman–Crippen MR) is 118 cm³/mol. The third kappa shape index (κ3) is 22.0. The van der Waals surface area contributed by atoms with Gasteiger partial charge in [0.05, 0.1) is 6.10 Å². The Balaban J connectivity index is 3.11. The van der Waals surface area contributed by atoms with Gasteiger partial charge in [-0.15, -0.1) is 0 Å². The van der Waals surface area contributed by atoms with Crippen molar-refractivity contribution in [2.45, 2.75) is 142 Å². The van der Waals surface area contributed by atoms with Crippen molar-refractivity contribution in [3.63, 3.8) is 0 Å². The molecule has 1 atom stereocenters. The summed E-state index contributed by atoms with van der Waals surface area (Å²) >= 11 is 0. The van der Waals surface area contributed by atoms with Crippen LogP contribution >= 0.6 is 0 Å². The van der Waals surface area contributed by atoms with Gasteiger partial charge in [0.25, 0.3) is 0 Å². The van der Waals surface area contributed by atoms with Crippen LogP contribution < -0.4 is 5.32 Å². The predicted octanol–water partition coefficient (Wildman–Crippen LogP) is 7.39. The quantitative estimate of drug-likeness (QED) is 0.195. The largest absolute Gasteiger partial charge is 0.392 e. The molecule has 0 heterocycles. The lowest BCUT2D eigenvalue weighted by Gasteiger charge is -2.11. The zero-order chi connectivity index (χ0) is 19.1. The third-order valence-electron chi connectivity index (χ3n) is 5.48. The van der Waals surface area contributed by atoms with Crippen molar-refractivity contribution < 1.29 is 5.11 Å². The molecule has 0 bridgehead atoms. The maximum atomic E-state index is 10.0. The Morgan fingerprint density at radius 3 is 1.38 bits per heavy atom. The van der Waals surface area contributed by atoms with Crippen LogP contribution in [0.1, 0.15) is 136 Å². The minimum absolute atomic E-state index is 0.141. The van der Waals surface area contributed by atoms with Gasteiger partial charge < -0.3 is 10.4 Å². The Bertz CT molecular complexity index is 244. The lowest BCUT2D eigenvalue weighted by molar-refractivity contribution is 0.158. The summed E-state index contributed by atoms with van der Waals surface area (Å²) in [6.45, 7) is 6.41. The van der Waals surface area contributed by atoms with Crippen LogP contribution in [0.4, 0.5) is 0 Å². The zero-order valence-electron chi connectivity index (χ0n) is 18.4. The van der Waals surface area contributed by atoms with Crippen LogP contribution in [0.3, 0.4) is 0 Å². The van der Waals surface area contributed by atoms with Crippen molar-refractivity contribution in [2.75, 3.05) is 13.1 Å². The van der Waals surface area contributed by atoms with Gasteiger partial charge in [0.1, 0.15) is 0 Å². The fraction of sp³-hybridized carbons (Fsp3) is 1.00. The van der Waals surface area contributed by atoms with E-state index < -0.39 is 0 Å². The van der Waals surface area contributed by atoms with E-state index in [1.165, 1.54) is 116 Å². The summed E-state index contributed by atoms with van der Waals surface area (Å²) in [5, 5.41) is 13.5. The number of aliphatic hydroxyl groups is 1. The summed E-state index contributed by atoms with van der Waals surface area (Å²) in [5.74, 6) is 0. The first-order chi connectivity index (χ1) is 12.8. The molecule has 0 saturated heterocycles. The molecule has 0 amide bonds. The van der Waals surface area contributed by atoms with E-state index in [2.05, 4.69) is 19.2 Å². The highest BCUT2D eigenvalue weighted by Gasteiger charge is 2.03. The SMILES string of the molecule is CCCCCCCCCCCCNCC(O)CCCCCCCCCC. The summed E-state index contributed by atoms with van der Waals surface area (Å²) in [4.78, 5) is 0. The molecule has 1 unspecified atom stereocenters. The van der Waals surface area contributed by atoms with Crippen molar-refractivity contribution in [1.29, 1.82) is 0 Å². The Hall–Kier alpha value is -0.0800. The number of aliphatic hydroxyl groups excluding tert-OH is 1. The van der Waals surface area contributed by atoms with Crippen LogP contribution in [0, 0.1) is 0 Å². The molecule has 0 aromatic carbocycles. The van der Waals surface area contributed by atoms with Crippen molar-refractivity contribution in [3.8, 4) is 0 Å². The van der Waals surface area contributed by atoms with Crippen LogP contribution in [-0.2, 0) is 0 Å². The summed E-state index contributed by atoms with van der Waals surface area (Å²) in [5.41, 5.74) is 0. The Morgan fingerprint density at radius 2 is 0.923 bits per heavy atom. The van der Waals surface area contributed by atoms with Crippen molar-refractivity contribution in [3.05, 3.63) is 0 Å². The summed E-state index contributed by atoms with van der Waals surface area (Å²) < 4.78 is 0. The molecule has 158 valence electrons.